The molecular formula is C15H23N3O. The lowest BCUT2D eigenvalue weighted by molar-refractivity contribution is -0.120. The van der Waals surface area contributed by atoms with Gasteiger partial charge in [0.1, 0.15) is 6.42 Å². The fraction of sp³-hybridized carbons (Fsp3) is 0.733. The number of nitrogens with one attached hydrogen (secondary N) is 2. The van der Waals surface area contributed by atoms with Crippen LogP contribution in [-0.2, 0) is 4.79 Å². The van der Waals surface area contributed by atoms with Crippen molar-refractivity contribution in [2.24, 2.45) is 11.8 Å². The van der Waals surface area contributed by atoms with E-state index < -0.39 is 0 Å². The second-order valence-electron chi connectivity index (χ2n) is 5.60. The Labute approximate surface area is 115 Å². The first-order valence-corrected chi connectivity index (χ1v) is 7.43. The van der Waals surface area contributed by atoms with Gasteiger partial charge in [-0.05, 0) is 38.0 Å². The van der Waals surface area contributed by atoms with Gasteiger partial charge in [-0.2, -0.15) is 5.26 Å². The minimum Gasteiger partial charge on any atom is -0.303 e. The highest BCUT2D eigenvalue weighted by Gasteiger charge is 2.28. The van der Waals surface area contributed by atoms with E-state index in [4.69, 9.17) is 5.26 Å². The van der Waals surface area contributed by atoms with Gasteiger partial charge in [0.15, 0.2) is 0 Å². The largest absolute Gasteiger partial charge is 0.303 e. The summed E-state index contributed by atoms with van der Waals surface area (Å²) in [5, 5.41) is 8.48. The zero-order chi connectivity index (χ0) is 13.5. The number of carbonyl (C=O) groups is 1. The first-order valence-electron chi connectivity index (χ1n) is 7.43. The Morgan fingerprint density at radius 2 is 2.05 bits per heavy atom. The van der Waals surface area contributed by atoms with Crippen molar-refractivity contribution in [3.63, 3.8) is 0 Å². The molecule has 1 atom stereocenters. The van der Waals surface area contributed by atoms with Gasteiger partial charge < -0.3 is 5.43 Å². The number of rotatable bonds is 4. The maximum atomic E-state index is 11.3. The normalized spacial score (nSPS) is 24.2. The highest BCUT2D eigenvalue weighted by molar-refractivity contribution is 5.77. The second kappa shape index (κ2) is 7.18. The number of nitriles is 1. The van der Waals surface area contributed by atoms with Crippen molar-refractivity contribution in [3.8, 4) is 6.07 Å². The standard InChI is InChI=1S/C15H23N3O/c16-11-10-15(19)18-17-14-9-5-4-8-13(14)12-6-2-1-3-7-12/h9,12-13,17H,1-8,10H2,(H,18,19)/t13-/m0/s1. The van der Waals surface area contributed by atoms with Crippen LogP contribution in [0.4, 0.5) is 0 Å². The van der Waals surface area contributed by atoms with E-state index in [1.165, 1.54) is 50.6 Å². The molecule has 2 N–H and O–H groups in total. The number of amides is 1. The lowest BCUT2D eigenvalue weighted by atomic mass is 9.74. The van der Waals surface area contributed by atoms with Gasteiger partial charge in [0.25, 0.3) is 5.91 Å². The Kier molecular flexibility index (Phi) is 5.26. The summed E-state index contributed by atoms with van der Waals surface area (Å²) in [5.41, 5.74) is 6.88. The smallest absolute Gasteiger partial charge is 0.252 e. The molecule has 0 bridgehead atoms. The Morgan fingerprint density at radius 3 is 2.79 bits per heavy atom. The number of allylic oxidation sites excluding steroid dienone is 2. The number of carbonyl (C=O) groups excluding carboxylic acids is 1. The van der Waals surface area contributed by atoms with Crippen LogP contribution in [-0.4, -0.2) is 5.91 Å². The summed E-state index contributed by atoms with van der Waals surface area (Å²) in [4.78, 5) is 11.3. The van der Waals surface area contributed by atoms with Crippen LogP contribution in [0.3, 0.4) is 0 Å². The van der Waals surface area contributed by atoms with E-state index in [1.807, 2.05) is 6.07 Å². The maximum Gasteiger partial charge on any atom is 0.252 e. The van der Waals surface area contributed by atoms with Crippen molar-refractivity contribution < 1.29 is 4.79 Å². The molecule has 4 nitrogen and oxygen atoms in total. The molecule has 0 aromatic carbocycles. The molecule has 0 aliphatic heterocycles. The van der Waals surface area contributed by atoms with E-state index >= 15 is 0 Å². The summed E-state index contributed by atoms with van der Waals surface area (Å²) in [6.07, 6.45) is 12.4. The van der Waals surface area contributed by atoms with Gasteiger partial charge in [-0.3, -0.25) is 10.2 Å². The van der Waals surface area contributed by atoms with Gasteiger partial charge in [0.2, 0.25) is 0 Å². The molecular weight excluding hydrogens is 238 g/mol. The molecule has 0 spiro atoms. The minimum absolute atomic E-state index is 0.0889. The lowest BCUT2D eigenvalue weighted by Gasteiger charge is -2.34. The molecule has 2 aliphatic carbocycles. The van der Waals surface area contributed by atoms with Gasteiger partial charge in [-0.25, -0.2) is 0 Å². The monoisotopic (exact) mass is 261 g/mol. The third-order valence-electron chi connectivity index (χ3n) is 4.29. The third kappa shape index (κ3) is 3.99. The topological polar surface area (TPSA) is 64.9 Å². The van der Waals surface area contributed by atoms with Crippen molar-refractivity contribution >= 4 is 5.91 Å². The van der Waals surface area contributed by atoms with Gasteiger partial charge in [-0.15, -0.1) is 0 Å². The molecule has 1 amide bonds. The molecule has 2 rings (SSSR count). The first-order chi connectivity index (χ1) is 9.31. The van der Waals surface area contributed by atoms with Crippen molar-refractivity contribution in [3.05, 3.63) is 11.8 Å². The number of nitrogens with zero attached hydrogens (tertiary/aromatic N) is 1. The molecule has 19 heavy (non-hydrogen) atoms. The Morgan fingerprint density at radius 1 is 1.26 bits per heavy atom. The predicted octanol–water partition coefficient (Wildman–Crippen LogP) is 2.79. The highest BCUT2D eigenvalue weighted by atomic mass is 16.2. The summed E-state index contributed by atoms with van der Waals surface area (Å²) in [5.74, 6) is 1.08. The Hall–Kier alpha value is -1.50. The third-order valence-corrected chi connectivity index (χ3v) is 4.29. The molecule has 0 aromatic heterocycles. The Bertz CT molecular complexity index is 377. The zero-order valence-electron chi connectivity index (χ0n) is 11.5. The second-order valence-corrected chi connectivity index (χ2v) is 5.60. The molecule has 1 saturated carbocycles. The highest BCUT2D eigenvalue weighted by Crippen LogP contribution is 2.37. The average Bonchev–Trinajstić information content (AvgIpc) is 2.47. The quantitative estimate of drug-likeness (QED) is 0.765. The number of hydrazine groups is 1. The lowest BCUT2D eigenvalue weighted by Crippen LogP contribution is -2.40. The van der Waals surface area contributed by atoms with E-state index in [-0.39, 0.29) is 12.3 Å². The molecule has 4 heteroatoms. The van der Waals surface area contributed by atoms with E-state index in [0.29, 0.717) is 5.92 Å². The van der Waals surface area contributed by atoms with E-state index in [9.17, 15) is 4.79 Å². The summed E-state index contributed by atoms with van der Waals surface area (Å²) in [6.45, 7) is 0. The summed E-state index contributed by atoms with van der Waals surface area (Å²) in [6, 6.07) is 1.86. The molecule has 0 saturated heterocycles. The molecule has 2 aliphatic rings. The fourth-order valence-electron chi connectivity index (χ4n) is 3.33. The molecule has 0 heterocycles. The molecule has 104 valence electrons. The van der Waals surface area contributed by atoms with Crippen LogP contribution in [0, 0.1) is 23.2 Å². The van der Waals surface area contributed by atoms with Crippen molar-refractivity contribution in [1.82, 2.24) is 10.9 Å². The summed E-state index contributed by atoms with van der Waals surface area (Å²) in [7, 11) is 0. The molecule has 1 fully saturated rings. The summed E-state index contributed by atoms with van der Waals surface area (Å²) >= 11 is 0. The van der Waals surface area contributed by atoms with Crippen LogP contribution in [0.5, 0.6) is 0 Å². The fourth-order valence-corrected chi connectivity index (χ4v) is 3.33. The Balaban J connectivity index is 1.90. The van der Waals surface area contributed by atoms with Crippen LogP contribution in [0.25, 0.3) is 0 Å². The van der Waals surface area contributed by atoms with Crippen molar-refractivity contribution in [1.29, 1.82) is 5.26 Å². The van der Waals surface area contributed by atoms with Crippen LogP contribution < -0.4 is 10.9 Å². The average molecular weight is 261 g/mol. The van der Waals surface area contributed by atoms with Crippen LogP contribution in [0.15, 0.2) is 11.8 Å². The van der Waals surface area contributed by atoms with Crippen molar-refractivity contribution in [2.75, 3.05) is 0 Å². The van der Waals surface area contributed by atoms with Crippen LogP contribution in [0.1, 0.15) is 57.8 Å². The van der Waals surface area contributed by atoms with Crippen molar-refractivity contribution in [2.45, 2.75) is 57.8 Å². The van der Waals surface area contributed by atoms with Crippen LogP contribution in [0.2, 0.25) is 0 Å². The van der Waals surface area contributed by atoms with E-state index in [1.54, 1.807) is 0 Å². The zero-order valence-corrected chi connectivity index (χ0v) is 11.5. The van der Waals surface area contributed by atoms with Gasteiger partial charge in [0.05, 0.1) is 6.07 Å². The predicted molar refractivity (Wildman–Crippen MR) is 73.5 cm³/mol. The van der Waals surface area contributed by atoms with Gasteiger partial charge >= 0.3 is 0 Å². The van der Waals surface area contributed by atoms with E-state index in [0.717, 1.165) is 12.3 Å². The number of hydrogen-bond donors (Lipinski definition) is 2. The van der Waals surface area contributed by atoms with Gasteiger partial charge in [0, 0.05) is 11.6 Å². The SMILES string of the molecule is N#CCC(=O)NNC1=CCCC[C@H]1C1CCCCC1. The van der Waals surface area contributed by atoms with Crippen LogP contribution >= 0.6 is 0 Å². The molecule has 0 unspecified atom stereocenters. The molecule has 0 radical (unpaired) electrons. The molecule has 0 aromatic rings. The van der Waals surface area contributed by atoms with E-state index in [2.05, 4.69) is 16.9 Å². The summed E-state index contributed by atoms with van der Waals surface area (Å²) < 4.78 is 0. The minimum atomic E-state index is -0.253. The number of hydrogen-bond acceptors (Lipinski definition) is 3. The van der Waals surface area contributed by atoms with Gasteiger partial charge in [-0.1, -0.05) is 25.3 Å². The first kappa shape index (κ1) is 13.9. The maximum absolute atomic E-state index is 11.3.